The second-order valence-corrected chi connectivity index (χ2v) is 8.39. The van der Waals surface area contributed by atoms with E-state index in [4.69, 9.17) is 11.1 Å². The SMILES string of the molecule is N=CC=C(N)c1ccc(-c2c(=O)n(-c3ccc4ncccc4c3)cc3cnc(NCC(F)(F)F)nc23)cc1. The summed E-state index contributed by atoms with van der Waals surface area (Å²) < 4.78 is 39.8. The molecule has 190 valence electrons. The highest BCUT2D eigenvalue weighted by Crippen LogP contribution is 2.27. The van der Waals surface area contributed by atoms with Crippen LogP contribution in [0.15, 0.2) is 84.1 Å². The molecule has 2 aromatic carbocycles. The van der Waals surface area contributed by atoms with E-state index in [1.165, 1.54) is 16.8 Å². The average molecular weight is 515 g/mol. The summed E-state index contributed by atoms with van der Waals surface area (Å²) in [7, 11) is 0. The van der Waals surface area contributed by atoms with Crippen LogP contribution in [0.3, 0.4) is 0 Å². The van der Waals surface area contributed by atoms with E-state index in [1.807, 2.05) is 12.1 Å². The van der Waals surface area contributed by atoms with E-state index < -0.39 is 18.3 Å². The van der Waals surface area contributed by atoms with Crippen molar-refractivity contribution >= 4 is 39.7 Å². The maximum absolute atomic E-state index is 13.9. The quantitative estimate of drug-likeness (QED) is 0.276. The van der Waals surface area contributed by atoms with Gasteiger partial charge in [-0.05, 0) is 41.5 Å². The van der Waals surface area contributed by atoms with Gasteiger partial charge in [0.1, 0.15) is 6.54 Å². The Bertz CT molecular complexity index is 1760. The first-order valence-corrected chi connectivity index (χ1v) is 11.4. The molecule has 4 N–H and O–H groups in total. The van der Waals surface area contributed by atoms with Gasteiger partial charge in [0.05, 0.1) is 16.6 Å². The second-order valence-electron chi connectivity index (χ2n) is 8.39. The van der Waals surface area contributed by atoms with Gasteiger partial charge in [-0.15, -0.1) is 0 Å². The Hall–Kier alpha value is -5.06. The molecule has 11 heteroatoms. The lowest BCUT2D eigenvalue weighted by Gasteiger charge is -2.14. The molecule has 3 aromatic heterocycles. The third-order valence-electron chi connectivity index (χ3n) is 5.84. The number of benzene rings is 2. The van der Waals surface area contributed by atoms with Gasteiger partial charge in [-0.3, -0.25) is 14.3 Å². The third-order valence-corrected chi connectivity index (χ3v) is 5.84. The lowest BCUT2D eigenvalue weighted by molar-refractivity contribution is -0.115. The second kappa shape index (κ2) is 9.77. The van der Waals surface area contributed by atoms with Gasteiger partial charge in [-0.25, -0.2) is 9.97 Å². The molecular weight excluding hydrogens is 495 g/mol. The zero-order valence-electron chi connectivity index (χ0n) is 19.7. The molecular formula is C27H20F3N7O. The Morgan fingerprint density at radius 1 is 1.08 bits per heavy atom. The Morgan fingerprint density at radius 2 is 1.87 bits per heavy atom. The molecule has 0 amide bonds. The van der Waals surface area contributed by atoms with Crippen molar-refractivity contribution in [2.75, 3.05) is 11.9 Å². The van der Waals surface area contributed by atoms with Crippen LogP contribution in [0.1, 0.15) is 5.56 Å². The molecule has 0 unspecified atom stereocenters. The van der Waals surface area contributed by atoms with E-state index in [-0.39, 0.29) is 17.0 Å². The molecule has 0 saturated carbocycles. The van der Waals surface area contributed by atoms with Crippen molar-refractivity contribution in [3.63, 3.8) is 0 Å². The van der Waals surface area contributed by atoms with Crippen LogP contribution in [0.5, 0.6) is 0 Å². The number of pyridine rings is 2. The molecule has 0 spiro atoms. The highest BCUT2D eigenvalue weighted by Gasteiger charge is 2.27. The van der Waals surface area contributed by atoms with E-state index >= 15 is 0 Å². The van der Waals surface area contributed by atoms with Gasteiger partial charge >= 0.3 is 6.18 Å². The van der Waals surface area contributed by atoms with Gasteiger partial charge in [0.15, 0.2) is 0 Å². The number of aromatic nitrogens is 4. The maximum Gasteiger partial charge on any atom is 0.405 e. The summed E-state index contributed by atoms with van der Waals surface area (Å²) in [6.45, 7) is -1.32. The van der Waals surface area contributed by atoms with E-state index in [0.717, 1.165) is 17.1 Å². The Kier molecular flexibility index (Phi) is 6.33. The summed E-state index contributed by atoms with van der Waals surface area (Å²) in [4.78, 5) is 26.5. The average Bonchev–Trinajstić information content (AvgIpc) is 2.91. The van der Waals surface area contributed by atoms with Crippen LogP contribution in [0.25, 0.3) is 44.3 Å². The standard InChI is InChI=1S/C27H20F3N7O/c28-27(29,30)15-35-26-34-13-19-14-37(20-7-8-22-18(12-20)2-1-11-33-22)25(38)23(24(19)36-26)17-5-3-16(4-6-17)21(32)9-10-31/h1-14,31H,15,32H2,(H,35,36). The van der Waals surface area contributed by atoms with Crippen LogP contribution >= 0.6 is 0 Å². The number of allylic oxidation sites excluding steroid dienone is 1. The minimum atomic E-state index is -4.46. The molecule has 0 radical (unpaired) electrons. The molecule has 0 saturated heterocycles. The first-order valence-electron chi connectivity index (χ1n) is 11.4. The zero-order chi connectivity index (χ0) is 26.9. The van der Waals surface area contributed by atoms with Gasteiger partial charge in [0.2, 0.25) is 5.95 Å². The normalized spacial score (nSPS) is 12.1. The van der Waals surface area contributed by atoms with E-state index in [0.29, 0.717) is 27.9 Å². The largest absolute Gasteiger partial charge is 0.405 e. The predicted octanol–water partition coefficient (Wildman–Crippen LogP) is 4.92. The fourth-order valence-corrected chi connectivity index (χ4v) is 4.05. The number of hydrogen-bond acceptors (Lipinski definition) is 7. The molecule has 38 heavy (non-hydrogen) atoms. The fraction of sp³-hybridized carbons (Fsp3) is 0.0741. The highest BCUT2D eigenvalue weighted by atomic mass is 19.4. The van der Waals surface area contributed by atoms with Crippen LogP contribution in [0.2, 0.25) is 0 Å². The number of nitrogens with two attached hydrogens (primary N) is 1. The van der Waals surface area contributed by atoms with Crippen LogP contribution in [-0.2, 0) is 0 Å². The van der Waals surface area contributed by atoms with E-state index in [1.54, 1.807) is 54.9 Å². The van der Waals surface area contributed by atoms with Crippen molar-refractivity contribution in [2.24, 2.45) is 5.73 Å². The van der Waals surface area contributed by atoms with Crippen molar-refractivity contribution in [3.05, 3.63) is 95.2 Å². The Morgan fingerprint density at radius 3 is 2.61 bits per heavy atom. The topological polar surface area (TPSA) is 123 Å². The minimum absolute atomic E-state index is 0.187. The summed E-state index contributed by atoms with van der Waals surface area (Å²) in [6.07, 6.45) is 2.65. The van der Waals surface area contributed by atoms with Gasteiger partial charge in [0, 0.05) is 47.0 Å². The summed E-state index contributed by atoms with van der Waals surface area (Å²) in [5.41, 5.74) is 8.77. The van der Waals surface area contributed by atoms with Crippen LogP contribution in [-0.4, -0.2) is 38.5 Å². The Balaban J connectivity index is 1.71. The van der Waals surface area contributed by atoms with Crippen molar-refractivity contribution in [1.29, 1.82) is 5.41 Å². The lowest BCUT2D eigenvalue weighted by Crippen LogP contribution is -2.23. The first-order chi connectivity index (χ1) is 18.2. The maximum atomic E-state index is 13.9. The number of nitrogens with one attached hydrogen (secondary N) is 2. The van der Waals surface area contributed by atoms with E-state index in [9.17, 15) is 18.0 Å². The summed E-state index contributed by atoms with van der Waals surface area (Å²) in [6, 6.07) is 15.8. The van der Waals surface area contributed by atoms with Crippen LogP contribution in [0.4, 0.5) is 19.1 Å². The number of halogens is 3. The van der Waals surface area contributed by atoms with E-state index in [2.05, 4.69) is 20.3 Å². The zero-order valence-corrected chi connectivity index (χ0v) is 19.7. The lowest BCUT2D eigenvalue weighted by atomic mass is 10.0. The number of fused-ring (bicyclic) bond motifs is 2. The molecule has 3 heterocycles. The van der Waals surface area contributed by atoms with Gasteiger partial charge in [-0.2, -0.15) is 13.2 Å². The van der Waals surface area contributed by atoms with Crippen LogP contribution in [0, 0.1) is 5.41 Å². The highest BCUT2D eigenvalue weighted by molar-refractivity contribution is 5.94. The van der Waals surface area contributed by atoms with Gasteiger partial charge in [-0.1, -0.05) is 30.3 Å². The number of rotatable bonds is 6. The number of nitrogens with zero attached hydrogens (tertiary/aromatic N) is 4. The van der Waals surface area contributed by atoms with Crippen LogP contribution < -0.4 is 16.6 Å². The molecule has 8 nitrogen and oxygen atoms in total. The van der Waals surface area contributed by atoms with Gasteiger partial charge in [0.25, 0.3) is 5.56 Å². The Labute approximate surface area is 213 Å². The summed E-state index contributed by atoms with van der Waals surface area (Å²) in [5, 5.41) is 10.7. The van der Waals surface area contributed by atoms with Gasteiger partial charge < -0.3 is 16.5 Å². The first kappa shape index (κ1) is 24.6. The number of anilines is 1. The molecule has 5 aromatic rings. The number of hydrogen-bond donors (Lipinski definition) is 3. The number of alkyl halides is 3. The smallest absolute Gasteiger partial charge is 0.398 e. The summed E-state index contributed by atoms with van der Waals surface area (Å²) in [5.74, 6) is -0.250. The molecule has 0 aliphatic heterocycles. The monoisotopic (exact) mass is 515 g/mol. The van der Waals surface area contributed by atoms with Crippen molar-refractivity contribution < 1.29 is 13.2 Å². The molecule has 0 atom stereocenters. The molecule has 0 aliphatic rings. The predicted molar refractivity (Wildman–Crippen MR) is 141 cm³/mol. The fourth-order valence-electron chi connectivity index (χ4n) is 4.05. The molecule has 5 rings (SSSR count). The minimum Gasteiger partial charge on any atom is -0.398 e. The van der Waals surface area contributed by atoms with Crippen molar-refractivity contribution in [2.45, 2.75) is 6.18 Å². The third kappa shape index (κ3) is 4.94. The van der Waals surface area contributed by atoms with Crippen molar-refractivity contribution in [3.8, 4) is 16.8 Å². The van der Waals surface area contributed by atoms with Crippen molar-refractivity contribution in [1.82, 2.24) is 19.5 Å². The molecule has 0 fully saturated rings. The molecule has 0 bridgehead atoms. The molecule has 0 aliphatic carbocycles. The summed E-state index contributed by atoms with van der Waals surface area (Å²) >= 11 is 0.